The minimum absolute atomic E-state index is 0.188. The monoisotopic (exact) mass is 220 g/mol. The summed E-state index contributed by atoms with van der Waals surface area (Å²) in [7, 11) is -3.10. The second kappa shape index (κ2) is 4.62. The molecule has 1 fully saturated rings. The summed E-state index contributed by atoms with van der Waals surface area (Å²) < 4.78 is 22.5. The second-order valence-electron chi connectivity index (χ2n) is 4.42. The maximum Gasteiger partial charge on any atom is 0.152 e. The van der Waals surface area contributed by atoms with Gasteiger partial charge in [-0.1, -0.05) is 19.3 Å². The van der Waals surface area contributed by atoms with Gasteiger partial charge < -0.3 is 5.11 Å². The molecule has 2 atom stereocenters. The maximum absolute atomic E-state index is 11.3. The fraction of sp³-hybridized carbons (Fsp3) is 1.00. The number of aliphatic hydroxyl groups is 1. The molecule has 0 saturated heterocycles. The van der Waals surface area contributed by atoms with E-state index in [1.165, 1.54) is 12.7 Å². The van der Waals surface area contributed by atoms with Crippen LogP contribution in [0.3, 0.4) is 0 Å². The molecule has 0 aromatic heterocycles. The maximum atomic E-state index is 11.3. The molecule has 0 heterocycles. The van der Waals surface area contributed by atoms with Gasteiger partial charge in [-0.25, -0.2) is 8.42 Å². The van der Waals surface area contributed by atoms with E-state index in [0.29, 0.717) is 0 Å². The van der Waals surface area contributed by atoms with Gasteiger partial charge in [0.05, 0.1) is 11.4 Å². The van der Waals surface area contributed by atoms with E-state index in [-0.39, 0.29) is 5.92 Å². The second-order valence-corrected chi connectivity index (χ2v) is 6.83. The predicted molar refractivity (Wildman–Crippen MR) is 56.9 cm³/mol. The van der Waals surface area contributed by atoms with Crippen molar-refractivity contribution in [2.24, 2.45) is 5.92 Å². The van der Waals surface area contributed by atoms with Gasteiger partial charge in [0.15, 0.2) is 9.84 Å². The summed E-state index contributed by atoms with van der Waals surface area (Å²) in [6.07, 6.45) is 5.93. The molecule has 0 aromatic carbocycles. The Balaban J connectivity index is 2.59. The average Bonchev–Trinajstić information content (AvgIpc) is 2.15. The minimum Gasteiger partial charge on any atom is -0.392 e. The van der Waals surface area contributed by atoms with Gasteiger partial charge in [-0.2, -0.15) is 0 Å². The standard InChI is InChI=1S/C10H20O3S/c1-8(14(2,12)13)10(11)9-6-4-3-5-7-9/h8-11H,3-7H2,1-2H3. The van der Waals surface area contributed by atoms with Gasteiger partial charge in [-0.05, 0) is 25.7 Å². The molecule has 1 saturated carbocycles. The lowest BCUT2D eigenvalue weighted by molar-refractivity contribution is 0.0841. The number of hydrogen-bond acceptors (Lipinski definition) is 3. The molecule has 1 aliphatic rings. The first kappa shape index (κ1) is 12.0. The lowest BCUT2D eigenvalue weighted by Crippen LogP contribution is -2.37. The molecule has 1 aliphatic carbocycles. The van der Waals surface area contributed by atoms with Crippen molar-refractivity contribution in [3.8, 4) is 0 Å². The van der Waals surface area contributed by atoms with Crippen LogP contribution in [-0.4, -0.2) is 31.1 Å². The first-order valence-corrected chi connectivity index (χ1v) is 7.25. The summed E-state index contributed by atoms with van der Waals surface area (Å²) in [5, 5.41) is 9.28. The highest BCUT2D eigenvalue weighted by molar-refractivity contribution is 7.91. The third kappa shape index (κ3) is 2.95. The third-order valence-corrected chi connectivity index (χ3v) is 4.92. The van der Waals surface area contributed by atoms with Crippen LogP contribution in [-0.2, 0) is 9.84 Å². The molecule has 1 N–H and O–H groups in total. The van der Waals surface area contributed by atoms with Crippen LogP contribution in [0, 0.1) is 5.92 Å². The Kier molecular flexibility index (Phi) is 3.95. The predicted octanol–water partition coefficient (Wildman–Crippen LogP) is 1.36. The van der Waals surface area contributed by atoms with Crippen LogP contribution in [0.4, 0.5) is 0 Å². The topological polar surface area (TPSA) is 54.4 Å². The third-order valence-electron chi connectivity index (χ3n) is 3.29. The summed E-state index contributed by atoms with van der Waals surface area (Å²) in [4.78, 5) is 0. The molecule has 0 bridgehead atoms. The van der Waals surface area contributed by atoms with Crippen LogP contribution in [0.1, 0.15) is 39.0 Å². The van der Waals surface area contributed by atoms with E-state index in [2.05, 4.69) is 0 Å². The molecule has 4 heteroatoms. The SMILES string of the molecule is CC(C(O)C1CCCCC1)S(C)(=O)=O. The highest BCUT2D eigenvalue weighted by atomic mass is 32.2. The van der Waals surface area contributed by atoms with E-state index >= 15 is 0 Å². The van der Waals surface area contributed by atoms with Crippen LogP contribution in [0.2, 0.25) is 0 Å². The summed E-state index contributed by atoms with van der Waals surface area (Å²) in [6.45, 7) is 1.61. The van der Waals surface area contributed by atoms with Crippen LogP contribution < -0.4 is 0 Å². The molecular weight excluding hydrogens is 200 g/mol. The Bertz CT molecular complexity index is 265. The molecule has 0 radical (unpaired) electrons. The van der Waals surface area contributed by atoms with Crippen molar-refractivity contribution >= 4 is 9.84 Å². The van der Waals surface area contributed by atoms with Gasteiger partial charge >= 0.3 is 0 Å². The fourth-order valence-electron chi connectivity index (χ4n) is 2.11. The van der Waals surface area contributed by atoms with E-state index in [1.54, 1.807) is 6.92 Å². The highest BCUT2D eigenvalue weighted by Crippen LogP contribution is 2.29. The number of hydrogen-bond donors (Lipinski definition) is 1. The van der Waals surface area contributed by atoms with E-state index in [9.17, 15) is 13.5 Å². The van der Waals surface area contributed by atoms with Crippen molar-refractivity contribution in [1.29, 1.82) is 0 Å². The van der Waals surface area contributed by atoms with Crippen molar-refractivity contribution in [1.82, 2.24) is 0 Å². The fourth-order valence-corrected chi connectivity index (χ4v) is 2.84. The molecule has 84 valence electrons. The molecule has 0 amide bonds. The summed E-state index contributed by atoms with van der Waals surface area (Å²) in [5.74, 6) is 0.188. The van der Waals surface area contributed by atoms with Crippen molar-refractivity contribution in [2.75, 3.05) is 6.26 Å². The van der Waals surface area contributed by atoms with Crippen molar-refractivity contribution in [3.05, 3.63) is 0 Å². The molecule has 0 spiro atoms. The van der Waals surface area contributed by atoms with Crippen LogP contribution in [0.5, 0.6) is 0 Å². The van der Waals surface area contributed by atoms with Gasteiger partial charge in [-0.3, -0.25) is 0 Å². The molecular formula is C10H20O3S. The van der Waals surface area contributed by atoms with Crippen LogP contribution in [0.25, 0.3) is 0 Å². The molecule has 2 unspecified atom stereocenters. The van der Waals surface area contributed by atoms with Gasteiger partial charge in [0.1, 0.15) is 0 Å². The van der Waals surface area contributed by atoms with Gasteiger partial charge in [-0.15, -0.1) is 0 Å². The molecule has 0 aromatic rings. The number of aliphatic hydroxyl groups excluding tert-OH is 1. The zero-order valence-corrected chi connectivity index (χ0v) is 9.76. The average molecular weight is 220 g/mol. The highest BCUT2D eigenvalue weighted by Gasteiger charge is 2.31. The summed E-state index contributed by atoms with van der Waals surface area (Å²) >= 11 is 0. The number of rotatable bonds is 3. The van der Waals surface area contributed by atoms with Gasteiger partial charge in [0, 0.05) is 6.26 Å². The van der Waals surface area contributed by atoms with Crippen molar-refractivity contribution in [2.45, 2.75) is 50.4 Å². The van der Waals surface area contributed by atoms with E-state index in [0.717, 1.165) is 25.7 Å². The number of sulfone groups is 1. The van der Waals surface area contributed by atoms with Crippen LogP contribution >= 0.6 is 0 Å². The lowest BCUT2D eigenvalue weighted by Gasteiger charge is -2.29. The Morgan fingerprint density at radius 1 is 1.21 bits per heavy atom. The normalized spacial score (nSPS) is 24.5. The lowest BCUT2D eigenvalue weighted by atomic mass is 9.84. The Morgan fingerprint density at radius 2 is 1.71 bits per heavy atom. The molecule has 1 rings (SSSR count). The quantitative estimate of drug-likeness (QED) is 0.781. The van der Waals surface area contributed by atoms with Crippen molar-refractivity contribution in [3.63, 3.8) is 0 Å². The smallest absolute Gasteiger partial charge is 0.152 e. The Hall–Kier alpha value is -0.0900. The Labute approximate surface area is 86.4 Å². The van der Waals surface area contributed by atoms with E-state index in [1.807, 2.05) is 0 Å². The van der Waals surface area contributed by atoms with E-state index < -0.39 is 21.2 Å². The van der Waals surface area contributed by atoms with Gasteiger partial charge in [0.2, 0.25) is 0 Å². The minimum atomic E-state index is -3.10. The molecule has 3 nitrogen and oxygen atoms in total. The van der Waals surface area contributed by atoms with E-state index in [4.69, 9.17) is 0 Å². The first-order valence-electron chi connectivity index (χ1n) is 5.30. The molecule has 0 aliphatic heterocycles. The zero-order valence-electron chi connectivity index (χ0n) is 8.94. The van der Waals surface area contributed by atoms with Crippen molar-refractivity contribution < 1.29 is 13.5 Å². The summed E-state index contributed by atoms with van der Waals surface area (Å²) in [5.41, 5.74) is 0. The summed E-state index contributed by atoms with van der Waals surface area (Å²) in [6, 6.07) is 0. The first-order chi connectivity index (χ1) is 6.43. The largest absolute Gasteiger partial charge is 0.392 e. The van der Waals surface area contributed by atoms with Crippen LogP contribution in [0.15, 0.2) is 0 Å². The molecule has 14 heavy (non-hydrogen) atoms. The van der Waals surface area contributed by atoms with Gasteiger partial charge in [0.25, 0.3) is 0 Å². The zero-order chi connectivity index (χ0) is 10.8. The Morgan fingerprint density at radius 3 is 2.14 bits per heavy atom.